The van der Waals surface area contributed by atoms with Crippen molar-refractivity contribution < 1.29 is 23.7 Å². The third-order valence-corrected chi connectivity index (χ3v) is 5.51. The molecule has 0 radical (unpaired) electrons. The second-order valence-electron chi connectivity index (χ2n) is 6.37. The number of carbonyl (C=O) groups excluding carboxylic acids is 1. The molecule has 1 amide bonds. The van der Waals surface area contributed by atoms with E-state index in [0.29, 0.717) is 54.8 Å². The predicted octanol–water partition coefficient (Wildman–Crippen LogP) is 3.26. The van der Waals surface area contributed by atoms with E-state index in [2.05, 4.69) is 4.99 Å². The molecule has 8 heteroatoms. The molecule has 0 fully saturated rings. The third kappa shape index (κ3) is 4.13. The van der Waals surface area contributed by atoms with Crippen LogP contribution in [0.1, 0.15) is 17.3 Å². The number of amides is 1. The highest BCUT2D eigenvalue weighted by atomic mass is 32.1. The highest BCUT2D eigenvalue weighted by Gasteiger charge is 2.15. The Morgan fingerprint density at radius 3 is 2.79 bits per heavy atom. The average molecular weight is 414 g/mol. The maximum absolute atomic E-state index is 12.8. The summed E-state index contributed by atoms with van der Waals surface area (Å²) >= 11 is 1.45. The molecule has 0 aliphatic carbocycles. The first-order valence-corrected chi connectivity index (χ1v) is 10.2. The van der Waals surface area contributed by atoms with Gasteiger partial charge in [-0.1, -0.05) is 11.3 Å². The van der Waals surface area contributed by atoms with E-state index in [1.807, 2.05) is 29.7 Å². The summed E-state index contributed by atoms with van der Waals surface area (Å²) in [6.45, 7) is 4.64. The molecule has 0 bridgehead atoms. The van der Waals surface area contributed by atoms with Crippen molar-refractivity contribution in [2.24, 2.45) is 4.99 Å². The maximum Gasteiger partial charge on any atom is 0.279 e. The smallest absolute Gasteiger partial charge is 0.279 e. The number of carbonyl (C=O) groups is 1. The first-order chi connectivity index (χ1) is 14.2. The van der Waals surface area contributed by atoms with Crippen molar-refractivity contribution in [1.82, 2.24) is 4.57 Å². The van der Waals surface area contributed by atoms with E-state index in [-0.39, 0.29) is 5.91 Å². The second kappa shape index (κ2) is 8.67. The van der Waals surface area contributed by atoms with Crippen LogP contribution in [0.25, 0.3) is 10.2 Å². The number of benzene rings is 2. The fourth-order valence-corrected chi connectivity index (χ4v) is 4.20. The Kier molecular flexibility index (Phi) is 5.82. The number of hydrogen-bond donors (Lipinski definition) is 0. The molecule has 0 unspecified atom stereocenters. The summed E-state index contributed by atoms with van der Waals surface area (Å²) in [7, 11) is 1.65. The van der Waals surface area contributed by atoms with Gasteiger partial charge in [-0.3, -0.25) is 4.79 Å². The van der Waals surface area contributed by atoms with Gasteiger partial charge in [-0.05, 0) is 43.3 Å². The van der Waals surface area contributed by atoms with E-state index in [1.54, 1.807) is 25.3 Å². The molecule has 29 heavy (non-hydrogen) atoms. The molecule has 7 nitrogen and oxygen atoms in total. The summed E-state index contributed by atoms with van der Waals surface area (Å²) in [6.07, 6.45) is 0. The Balaban J connectivity index is 1.74. The Morgan fingerprint density at radius 2 is 2.00 bits per heavy atom. The van der Waals surface area contributed by atoms with Crippen molar-refractivity contribution in [2.75, 3.05) is 33.5 Å². The molecule has 0 N–H and O–H groups in total. The van der Waals surface area contributed by atoms with Crippen LogP contribution in [-0.2, 0) is 11.3 Å². The summed E-state index contributed by atoms with van der Waals surface area (Å²) in [4.78, 5) is 17.9. The molecule has 2 aromatic carbocycles. The maximum atomic E-state index is 12.8. The van der Waals surface area contributed by atoms with E-state index in [4.69, 9.17) is 18.9 Å². The van der Waals surface area contributed by atoms with Crippen molar-refractivity contribution in [3.63, 3.8) is 0 Å². The Bertz CT molecular complexity index is 1100. The average Bonchev–Trinajstić information content (AvgIpc) is 3.08. The minimum Gasteiger partial charge on any atom is -0.494 e. The van der Waals surface area contributed by atoms with E-state index < -0.39 is 0 Å². The second-order valence-corrected chi connectivity index (χ2v) is 7.38. The first kappa shape index (κ1) is 19.5. The van der Waals surface area contributed by atoms with Crippen LogP contribution in [0.2, 0.25) is 0 Å². The van der Waals surface area contributed by atoms with Crippen molar-refractivity contribution in [3.05, 3.63) is 46.8 Å². The SMILES string of the molecule is CCOc1ccc2c(c1)sc(=NC(=O)c1ccc3c(c1)OCCO3)n2CCOC. The van der Waals surface area contributed by atoms with Gasteiger partial charge in [0.15, 0.2) is 16.3 Å². The van der Waals surface area contributed by atoms with Gasteiger partial charge in [0.05, 0.1) is 23.4 Å². The van der Waals surface area contributed by atoms with Crippen LogP contribution in [0.4, 0.5) is 0 Å². The Hall–Kier alpha value is -2.84. The Morgan fingerprint density at radius 1 is 1.17 bits per heavy atom. The molecule has 0 spiro atoms. The number of fused-ring (bicyclic) bond motifs is 2. The van der Waals surface area contributed by atoms with E-state index in [0.717, 1.165) is 16.0 Å². The predicted molar refractivity (Wildman–Crippen MR) is 110 cm³/mol. The Labute approximate surface area is 172 Å². The van der Waals surface area contributed by atoms with Crippen LogP contribution in [-0.4, -0.2) is 44.0 Å². The largest absolute Gasteiger partial charge is 0.494 e. The van der Waals surface area contributed by atoms with Gasteiger partial charge in [-0.25, -0.2) is 0 Å². The molecule has 0 saturated heterocycles. The summed E-state index contributed by atoms with van der Waals surface area (Å²) in [5, 5.41) is 0. The molecular formula is C21H22N2O5S. The standard InChI is InChI=1S/C21H22N2O5S/c1-3-26-15-5-6-16-19(13-15)29-21(23(16)8-9-25-2)22-20(24)14-4-7-17-18(12-14)28-11-10-27-17/h4-7,12-13H,3,8-11H2,1-2H3. The van der Waals surface area contributed by atoms with Crippen LogP contribution < -0.4 is 19.0 Å². The van der Waals surface area contributed by atoms with Gasteiger partial charge >= 0.3 is 0 Å². The summed E-state index contributed by atoms with van der Waals surface area (Å²) in [5.74, 6) is 1.69. The number of methoxy groups -OCH3 is 1. The zero-order valence-corrected chi connectivity index (χ0v) is 17.2. The van der Waals surface area contributed by atoms with Crippen LogP contribution >= 0.6 is 11.3 Å². The zero-order chi connectivity index (χ0) is 20.2. The lowest BCUT2D eigenvalue weighted by Crippen LogP contribution is -2.19. The molecule has 1 aliphatic rings. The molecule has 2 heterocycles. The molecule has 4 rings (SSSR count). The van der Waals surface area contributed by atoms with E-state index in [1.165, 1.54) is 11.3 Å². The summed E-state index contributed by atoms with van der Waals surface area (Å²) in [6, 6.07) is 11.0. The lowest BCUT2D eigenvalue weighted by atomic mass is 10.2. The normalized spacial score (nSPS) is 13.7. The molecule has 152 valence electrons. The molecule has 1 aliphatic heterocycles. The van der Waals surface area contributed by atoms with E-state index in [9.17, 15) is 4.79 Å². The topological polar surface area (TPSA) is 71.3 Å². The van der Waals surface area contributed by atoms with E-state index >= 15 is 0 Å². The third-order valence-electron chi connectivity index (χ3n) is 4.47. The minimum atomic E-state index is -0.329. The first-order valence-electron chi connectivity index (χ1n) is 9.43. The lowest BCUT2D eigenvalue weighted by molar-refractivity contribution is 0.0996. The quantitative estimate of drug-likeness (QED) is 0.619. The number of thiazole rings is 1. The molecule has 0 atom stereocenters. The highest BCUT2D eigenvalue weighted by molar-refractivity contribution is 7.16. The summed E-state index contributed by atoms with van der Waals surface area (Å²) in [5.41, 5.74) is 1.45. The number of ether oxygens (including phenoxy) is 4. The van der Waals surface area contributed by atoms with Crippen molar-refractivity contribution in [1.29, 1.82) is 0 Å². The van der Waals surface area contributed by atoms with Crippen LogP contribution in [0, 0.1) is 0 Å². The minimum absolute atomic E-state index is 0.329. The van der Waals surface area contributed by atoms with Gasteiger partial charge in [-0.2, -0.15) is 4.99 Å². The van der Waals surface area contributed by atoms with Gasteiger partial charge in [0, 0.05) is 19.2 Å². The molecule has 0 saturated carbocycles. The fourth-order valence-electron chi connectivity index (χ4n) is 3.12. The highest BCUT2D eigenvalue weighted by Crippen LogP contribution is 2.31. The van der Waals surface area contributed by atoms with Gasteiger partial charge in [0.25, 0.3) is 5.91 Å². The van der Waals surface area contributed by atoms with Crippen LogP contribution in [0.3, 0.4) is 0 Å². The van der Waals surface area contributed by atoms with Gasteiger partial charge in [-0.15, -0.1) is 0 Å². The number of hydrogen-bond acceptors (Lipinski definition) is 6. The fraction of sp³-hybridized carbons (Fsp3) is 0.333. The number of nitrogens with zero attached hydrogens (tertiary/aromatic N) is 2. The zero-order valence-electron chi connectivity index (χ0n) is 16.3. The number of aromatic nitrogens is 1. The summed E-state index contributed by atoms with van der Waals surface area (Å²) < 4.78 is 24.9. The monoisotopic (exact) mass is 414 g/mol. The molecule has 1 aromatic heterocycles. The van der Waals surface area contributed by atoms with Crippen molar-refractivity contribution in [2.45, 2.75) is 13.5 Å². The lowest BCUT2D eigenvalue weighted by Gasteiger charge is -2.18. The number of rotatable bonds is 6. The molecule has 3 aromatic rings. The van der Waals surface area contributed by atoms with Crippen LogP contribution in [0.5, 0.6) is 17.2 Å². The van der Waals surface area contributed by atoms with Gasteiger partial charge < -0.3 is 23.5 Å². The van der Waals surface area contributed by atoms with Crippen molar-refractivity contribution in [3.8, 4) is 17.2 Å². The van der Waals surface area contributed by atoms with Gasteiger partial charge in [0.2, 0.25) is 0 Å². The van der Waals surface area contributed by atoms with Crippen molar-refractivity contribution >= 4 is 27.5 Å². The van der Waals surface area contributed by atoms with Gasteiger partial charge in [0.1, 0.15) is 19.0 Å². The van der Waals surface area contributed by atoms with Crippen LogP contribution in [0.15, 0.2) is 41.4 Å². The molecular weight excluding hydrogens is 392 g/mol.